The number of nitrogens with one attached hydrogen (secondary N) is 2. The van der Waals surface area contributed by atoms with Crippen LogP contribution in [-0.2, 0) is 13.0 Å². The summed E-state index contributed by atoms with van der Waals surface area (Å²) in [5, 5.41) is 19.7. The summed E-state index contributed by atoms with van der Waals surface area (Å²) in [5.41, 5.74) is 0.979. The van der Waals surface area contributed by atoms with Crippen molar-refractivity contribution in [1.82, 2.24) is 25.4 Å². The number of hydrogen-bond donors (Lipinski definition) is 3. The van der Waals surface area contributed by atoms with Crippen LogP contribution in [0.5, 0.6) is 0 Å². The van der Waals surface area contributed by atoms with Crippen molar-refractivity contribution in [1.29, 1.82) is 0 Å². The number of aryl methyl sites for hydroxylation is 2. The molecule has 1 aliphatic rings. The number of fused-ring (bicyclic) bond motifs is 1. The van der Waals surface area contributed by atoms with E-state index in [-0.39, 0.29) is 24.7 Å². The molecule has 1 aromatic heterocycles. The van der Waals surface area contributed by atoms with Crippen LogP contribution in [-0.4, -0.2) is 32.5 Å². The Morgan fingerprint density at radius 2 is 2.20 bits per heavy atom. The Morgan fingerprint density at radius 1 is 1.40 bits per heavy atom. The van der Waals surface area contributed by atoms with Crippen molar-refractivity contribution in [2.75, 3.05) is 6.61 Å². The van der Waals surface area contributed by atoms with Gasteiger partial charge < -0.3 is 15.7 Å². The molecule has 25 heavy (non-hydrogen) atoms. The van der Waals surface area contributed by atoms with Crippen molar-refractivity contribution in [2.24, 2.45) is 0 Å². The number of aliphatic hydroxyl groups excluding tert-OH is 1. The van der Waals surface area contributed by atoms with Gasteiger partial charge in [0.15, 0.2) is 5.82 Å². The highest BCUT2D eigenvalue weighted by Gasteiger charge is 2.26. The molecule has 0 aliphatic carbocycles. The second-order valence-electron chi connectivity index (χ2n) is 6.25. The van der Waals surface area contributed by atoms with Crippen LogP contribution in [0.4, 0.5) is 4.79 Å². The largest absolute Gasteiger partial charge is 0.396 e. The fourth-order valence-electron chi connectivity index (χ4n) is 3.18. The molecule has 2 heterocycles. The van der Waals surface area contributed by atoms with Gasteiger partial charge in [-0.25, -0.2) is 14.5 Å². The van der Waals surface area contributed by atoms with Gasteiger partial charge in [-0.1, -0.05) is 37.3 Å². The molecule has 1 aliphatic heterocycles. The van der Waals surface area contributed by atoms with Crippen LogP contribution in [0.15, 0.2) is 30.3 Å². The average Bonchev–Trinajstić information content (AvgIpc) is 3.06. The van der Waals surface area contributed by atoms with Crippen molar-refractivity contribution < 1.29 is 9.90 Å². The molecule has 2 aromatic rings. The zero-order chi connectivity index (χ0) is 17.6. The number of rotatable bonds is 6. The predicted molar refractivity (Wildman–Crippen MR) is 93.9 cm³/mol. The normalized spacial score (nSPS) is 17.6. The fraction of sp³-hybridized carbons (Fsp3) is 0.500. The lowest BCUT2D eigenvalue weighted by molar-refractivity contribution is 0.222. The number of amides is 2. The lowest BCUT2D eigenvalue weighted by Gasteiger charge is -2.25. The van der Waals surface area contributed by atoms with E-state index in [0.29, 0.717) is 6.42 Å². The topological polar surface area (TPSA) is 92.1 Å². The second-order valence-corrected chi connectivity index (χ2v) is 6.25. The Kier molecular flexibility index (Phi) is 5.65. The minimum absolute atomic E-state index is 0.0114. The lowest BCUT2D eigenvalue weighted by atomic mass is 10.0. The summed E-state index contributed by atoms with van der Waals surface area (Å²) in [5.74, 6) is 1.64. The van der Waals surface area contributed by atoms with Crippen molar-refractivity contribution in [3.63, 3.8) is 0 Å². The monoisotopic (exact) mass is 343 g/mol. The maximum absolute atomic E-state index is 12.5. The highest BCUT2D eigenvalue weighted by atomic mass is 16.3. The molecule has 0 radical (unpaired) electrons. The third-order valence-electron chi connectivity index (χ3n) is 4.47. The minimum Gasteiger partial charge on any atom is -0.396 e. The standard InChI is InChI=1S/C18H25N5O2/c1-2-16-21-17-15(9-6-11-23(17)22-16)20-18(25)19-14(10-12-24)13-7-4-3-5-8-13/h3-5,7-8,14-15,24H,2,6,9-12H2,1H3,(H2,19,20,25)/t14-,15?/m1/s1. The maximum atomic E-state index is 12.5. The molecule has 0 bridgehead atoms. The summed E-state index contributed by atoms with van der Waals surface area (Å²) in [6.07, 6.45) is 3.07. The zero-order valence-corrected chi connectivity index (χ0v) is 14.5. The van der Waals surface area contributed by atoms with Gasteiger partial charge in [0.25, 0.3) is 0 Å². The Morgan fingerprint density at radius 3 is 2.92 bits per heavy atom. The number of carbonyl (C=O) groups excluding carboxylic acids is 1. The van der Waals surface area contributed by atoms with E-state index in [0.717, 1.165) is 43.0 Å². The van der Waals surface area contributed by atoms with Gasteiger partial charge in [-0.3, -0.25) is 0 Å². The molecule has 3 rings (SSSR count). The van der Waals surface area contributed by atoms with Crippen LogP contribution >= 0.6 is 0 Å². The van der Waals surface area contributed by atoms with E-state index in [9.17, 15) is 9.90 Å². The lowest BCUT2D eigenvalue weighted by Crippen LogP contribution is -2.42. The molecule has 3 N–H and O–H groups in total. The zero-order valence-electron chi connectivity index (χ0n) is 14.5. The first kappa shape index (κ1) is 17.4. The van der Waals surface area contributed by atoms with Gasteiger partial charge in [0.2, 0.25) is 0 Å². The highest BCUT2D eigenvalue weighted by molar-refractivity contribution is 5.74. The van der Waals surface area contributed by atoms with E-state index in [2.05, 4.69) is 20.7 Å². The SMILES string of the molecule is CCc1nc2n(n1)CCCC2NC(=O)N[C@H](CCO)c1ccccc1. The molecule has 0 saturated carbocycles. The number of hydrogen-bond acceptors (Lipinski definition) is 4. The number of carbonyl (C=O) groups is 1. The van der Waals surface area contributed by atoms with Gasteiger partial charge in [-0.15, -0.1) is 0 Å². The van der Waals surface area contributed by atoms with Crippen LogP contribution < -0.4 is 10.6 Å². The van der Waals surface area contributed by atoms with Gasteiger partial charge in [-0.2, -0.15) is 5.10 Å². The number of benzene rings is 1. The van der Waals surface area contributed by atoms with Gasteiger partial charge in [0.1, 0.15) is 5.82 Å². The quantitative estimate of drug-likeness (QED) is 0.749. The maximum Gasteiger partial charge on any atom is 0.315 e. The van der Waals surface area contributed by atoms with Gasteiger partial charge >= 0.3 is 6.03 Å². The van der Waals surface area contributed by atoms with Gasteiger partial charge in [0.05, 0.1) is 12.1 Å². The number of aromatic nitrogens is 3. The van der Waals surface area contributed by atoms with E-state index in [1.54, 1.807) is 0 Å². The number of aliphatic hydroxyl groups is 1. The molecule has 2 atom stereocenters. The molecule has 134 valence electrons. The van der Waals surface area contributed by atoms with Crippen molar-refractivity contribution >= 4 is 6.03 Å². The Balaban J connectivity index is 1.67. The van der Waals surface area contributed by atoms with Crippen molar-refractivity contribution in [2.45, 2.75) is 51.2 Å². The molecule has 7 nitrogen and oxygen atoms in total. The minimum atomic E-state index is -0.248. The van der Waals surface area contributed by atoms with E-state index in [1.807, 2.05) is 41.9 Å². The summed E-state index contributed by atoms with van der Waals surface area (Å²) >= 11 is 0. The van der Waals surface area contributed by atoms with Crippen molar-refractivity contribution in [3.8, 4) is 0 Å². The molecule has 1 aromatic carbocycles. The summed E-state index contributed by atoms with van der Waals surface area (Å²) < 4.78 is 1.90. The molecule has 0 fully saturated rings. The van der Waals surface area contributed by atoms with Crippen LogP contribution in [0, 0.1) is 0 Å². The molecule has 7 heteroatoms. The molecule has 1 unspecified atom stereocenters. The highest BCUT2D eigenvalue weighted by Crippen LogP contribution is 2.23. The van der Waals surface area contributed by atoms with Gasteiger partial charge in [0, 0.05) is 19.6 Å². The average molecular weight is 343 g/mol. The first-order chi connectivity index (χ1) is 12.2. The Bertz CT molecular complexity index is 701. The molecule has 2 amide bonds. The fourth-order valence-corrected chi connectivity index (χ4v) is 3.18. The second kappa shape index (κ2) is 8.11. The third-order valence-corrected chi connectivity index (χ3v) is 4.47. The van der Waals surface area contributed by atoms with Crippen LogP contribution in [0.1, 0.15) is 55.5 Å². The molecule has 0 spiro atoms. The summed E-state index contributed by atoms with van der Waals surface area (Å²) in [4.78, 5) is 17.0. The molecular weight excluding hydrogens is 318 g/mol. The van der Waals surface area contributed by atoms with Gasteiger partial charge in [-0.05, 0) is 24.8 Å². The van der Waals surface area contributed by atoms with E-state index in [4.69, 9.17) is 0 Å². The first-order valence-corrected chi connectivity index (χ1v) is 8.87. The summed E-state index contributed by atoms with van der Waals surface area (Å²) in [7, 11) is 0. The number of nitrogens with zero attached hydrogens (tertiary/aromatic N) is 3. The Labute approximate surface area is 147 Å². The molecule has 0 saturated heterocycles. The van der Waals surface area contributed by atoms with E-state index >= 15 is 0 Å². The molecular formula is C18H25N5O2. The van der Waals surface area contributed by atoms with E-state index < -0.39 is 0 Å². The predicted octanol–water partition coefficient (Wildman–Crippen LogP) is 2.10. The van der Waals surface area contributed by atoms with Crippen molar-refractivity contribution in [3.05, 3.63) is 47.5 Å². The summed E-state index contributed by atoms with van der Waals surface area (Å²) in [6.45, 7) is 2.88. The smallest absolute Gasteiger partial charge is 0.315 e. The van der Waals surface area contributed by atoms with Crippen LogP contribution in [0.2, 0.25) is 0 Å². The van der Waals surface area contributed by atoms with Crippen LogP contribution in [0.25, 0.3) is 0 Å². The number of urea groups is 1. The van der Waals surface area contributed by atoms with E-state index in [1.165, 1.54) is 0 Å². The van der Waals surface area contributed by atoms with Crippen LogP contribution in [0.3, 0.4) is 0 Å². The Hall–Kier alpha value is -2.41. The summed E-state index contributed by atoms with van der Waals surface area (Å²) in [6, 6.07) is 9.08. The third kappa shape index (κ3) is 4.17. The first-order valence-electron chi connectivity index (χ1n) is 8.87.